The molecule has 0 bridgehead atoms. The van der Waals surface area contributed by atoms with Gasteiger partial charge in [-0.05, 0) is 41.7 Å². The Bertz CT molecular complexity index is 582. The van der Waals surface area contributed by atoms with Gasteiger partial charge in [-0.15, -0.1) is 5.10 Å². The molecule has 0 aliphatic heterocycles. The summed E-state index contributed by atoms with van der Waals surface area (Å²) in [7, 11) is 0. The van der Waals surface area contributed by atoms with Gasteiger partial charge in [-0.3, -0.25) is 0 Å². The van der Waals surface area contributed by atoms with Gasteiger partial charge in [-0.2, -0.15) is 9.47 Å². The van der Waals surface area contributed by atoms with Crippen molar-refractivity contribution in [1.82, 2.24) is 19.6 Å². The monoisotopic (exact) mass is 309 g/mol. The number of aromatic nitrogens is 4. The highest BCUT2D eigenvalue weighted by atomic mass is 32.2. The van der Waals surface area contributed by atoms with Gasteiger partial charge in [0.2, 0.25) is 0 Å². The van der Waals surface area contributed by atoms with Crippen LogP contribution in [-0.4, -0.2) is 19.6 Å². The Kier molecular flexibility index (Phi) is 5.45. The quantitative estimate of drug-likeness (QED) is 0.884. The molecule has 108 valence electrons. The number of rotatable bonds is 6. The van der Waals surface area contributed by atoms with E-state index in [1.807, 2.05) is 6.92 Å². The van der Waals surface area contributed by atoms with E-state index >= 15 is 0 Å². The molecule has 0 fully saturated rings. The average Bonchev–Trinajstić information content (AvgIpc) is 2.94. The molecule has 20 heavy (non-hydrogen) atoms. The Morgan fingerprint density at radius 3 is 2.40 bits per heavy atom. The first-order valence-corrected chi connectivity index (χ1v) is 8.40. The number of nitrogens with zero attached hydrogens (tertiary/aromatic N) is 4. The third-order valence-electron chi connectivity index (χ3n) is 3.07. The first-order valence-electron chi connectivity index (χ1n) is 6.81. The highest BCUT2D eigenvalue weighted by Gasteiger charge is 2.16. The topological polar surface area (TPSA) is 77.6 Å². The first-order chi connectivity index (χ1) is 9.73. The summed E-state index contributed by atoms with van der Waals surface area (Å²) >= 11 is 2.92. The lowest BCUT2D eigenvalue weighted by atomic mass is 10.0. The van der Waals surface area contributed by atoms with E-state index in [1.165, 1.54) is 28.9 Å². The average molecular weight is 309 g/mol. The maximum Gasteiger partial charge on any atom is 0.176 e. The van der Waals surface area contributed by atoms with E-state index in [4.69, 9.17) is 5.73 Å². The molecule has 2 aromatic heterocycles. The molecule has 0 radical (unpaired) electrons. The van der Waals surface area contributed by atoms with Gasteiger partial charge in [0, 0.05) is 18.5 Å². The van der Waals surface area contributed by atoms with Gasteiger partial charge >= 0.3 is 0 Å². The van der Waals surface area contributed by atoms with Crippen LogP contribution in [0.15, 0.2) is 9.37 Å². The van der Waals surface area contributed by atoms with Gasteiger partial charge in [0.25, 0.3) is 0 Å². The van der Waals surface area contributed by atoms with Crippen LogP contribution in [0, 0.1) is 0 Å². The standard InChI is InChI=1S/C13H19N5S2/c1-4-8-9(7-14)12(17-16-10(8)5-2)19-13-15-11(6-3)18-20-13/h4-7,14H2,1-3H3. The van der Waals surface area contributed by atoms with Crippen LogP contribution in [0.1, 0.15) is 43.4 Å². The zero-order chi connectivity index (χ0) is 14.5. The lowest BCUT2D eigenvalue weighted by Crippen LogP contribution is -2.10. The summed E-state index contributed by atoms with van der Waals surface area (Å²) in [6.07, 6.45) is 2.66. The Morgan fingerprint density at radius 2 is 1.85 bits per heavy atom. The molecule has 2 heterocycles. The fraction of sp³-hybridized carbons (Fsp3) is 0.538. The number of aryl methyl sites for hydroxylation is 2. The maximum atomic E-state index is 5.92. The fourth-order valence-electron chi connectivity index (χ4n) is 2.03. The van der Waals surface area contributed by atoms with Gasteiger partial charge in [0.15, 0.2) is 4.34 Å². The molecular formula is C13H19N5S2. The number of hydrogen-bond donors (Lipinski definition) is 1. The summed E-state index contributed by atoms with van der Waals surface area (Å²) in [5.41, 5.74) is 9.29. The molecule has 0 atom stereocenters. The van der Waals surface area contributed by atoms with Crippen LogP contribution < -0.4 is 5.73 Å². The summed E-state index contributed by atoms with van der Waals surface area (Å²) in [6.45, 7) is 6.75. The van der Waals surface area contributed by atoms with E-state index in [1.54, 1.807) is 0 Å². The summed E-state index contributed by atoms with van der Waals surface area (Å²) in [5.74, 6) is 0.876. The van der Waals surface area contributed by atoms with Crippen molar-refractivity contribution in [3.8, 4) is 0 Å². The fourth-order valence-corrected chi connectivity index (χ4v) is 3.75. The van der Waals surface area contributed by atoms with Crippen LogP contribution >= 0.6 is 23.3 Å². The van der Waals surface area contributed by atoms with Crippen LogP contribution in [-0.2, 0) is 25.8 Å². The molecule has 0 saturated carbocycles. The van der Waals surface area contributed by atoms with Crippen molar-refractivity contribution >= 4 is 23.3 Å². The molecule has 0 amide bonds. The Morgan fingerprint density at radius 1 is 1.05 bits per heavy atom. The van der Waals surface area contributed by atoms with Crippen LogP contribution in [0.25, 0.3) is 0 Å². The van der Waals surface area contributed by atoms with E-state index in [-0.39, 0.29) is 0 Å². The van der Waals surface area contributed by atoms with E-state index in [9.17, 15) is 0 Å². The summed E-state index contributed by atoms with van der Waals surface area (Å²) < 4.78 is 5.19. The summed E-state index contributed by atoms with van der Waals surface area (Å²) in [5, 5.41) is 9.52. The Balaban J connectivity index is 2.35. The van der Waals surface area contributed by atoms with Crippen LogP contribution in [0.2, 0.25) is 0 Å². The van der Waals surface area contributed by atoms with Crippen molar-refractivity contribution in [2.45, 2.75) is 55.9 Å². The second kappa shape index (κ2) is 7.10. The number of hydrogen-bond acceptors (Lipinski definition) is 7. The molecule has 0 unspecified atom stereocenters. The number of nitrogens with two attached hydrogens (primary N) is 1. The molecular weight excluding hydrogens is 290 g/mol. The summed E-state index contributed by atoms with van der Waals surface area (Å²) in [6, 6.07) is 0. The molecule has 0 aromatic carbocycles. The zero-order valence-corrected chi connectivity index (χ0v) is 13.6. The van der Waals surface area contributed by atoms with Gasteiger partial charge in [0.1, 0.15) is 10.9 Å². The molecule has 7 heteroatoms. The molecule has 0 aliphatic carbocycles. The summed E-state index contributed by atoms with van der Waals surface area (Å²) in [4.78, 5) is 4.46. The molecule has 2 N–H and O–H groups in total. The second-order valence-corrected chi connectivity index (χ2v) is 6.24. The largest absolute Gasteiger partial charge is 0.326 e. The van der Waals surface area contributed by atoms with Crippen molar-refractivity contribution in [3.05, 3.63) is 22.6 Å². The SMILES string of the molecule is CCc1nsc(Sc2nnc(CC)c(CC)c2CN)n1. The van der Waals surface area contributed by atoms with Crippen molar-refractivity contribution in [2.24, 2.45) is 5.73 Å². The van der Waals surface area contributed by atoms with E-state index < -0.39 is 0 Å². The van der Waals surface area contributed by atoms with E-state index in [2.05, 4.69) is 33.4 Å². The van der Waals surface area contributed by atoms with Gasteiger partial charge in [0.05, 0.1) is 5.69 Å². The minimum atomic E-state index is 0.480. The van der Waals surface area contributed by atoms with Crippen molar-refractivity contribution in [3.63, 3.8) is 0 Å². The first kappa shape index (κ1) is 15.3. The smallest absolute Gasteiger partial charge is 0.176 e. The Labute approximate surface area is 127 Å². The lowest BCUT2D eigenvalue weighted by molar-refractivity contribution is 0.781. The maximum absolute atomic E-state index is 5.92. The molecule has 2 aromatic rings. The van der Waals surface area contributed by atoms with Crippen LogP contribution in [0.5, 0.6) is 0 Å². The Hall–Kier alpha value is -1.05. The third-order valence-corrected chi connectivity index (χ3v) is 4.88. The predicted octanol–water partition coefficient (Wildman–Crippen LogP) is 2.63. The van der Waals surface area contributed by atoms with Gasteiger partial charge in [-0.1, -0.05) is 20.8 Å². The second-order valence-electron chi connectivity index (χ2n) is 4.25. The molecule has 0 aliphatic rings. The zero-order valence-electron chi connectivity index (χ0n) is 12.0. The van der Waals surface area contributed by atoms with Crippen molar-refractivity contribution < 1.29 is 0 Å². The van der Waals surface area contributed by atoms with Crippen molar-refractivity contribution in [2.75, 3.05) is 0 Å². The predicted molar refractivity (Wildman–Crippen MR) is 82.1 cm³/mol. The lowest BCUT2D eigenvalue weighted by Gasteiger charge is -2.12. The van der Waals surface area contributed by atoms with E-state index in [0.29, 0.717) is 6.54 Å². The molecule has 0 spiro atoms. The minimum absolute atomic E-state index is 0.480. The van der Waals surface area contributed by atoms with Crippen molar-refractivity contribution in [1.29, 1.82) is 0 Å². The molecule has 5 nitrogen and oxygen atoms in total. The third kappa shape index (κ3) is 3.16. The highest BCUT2D eigenvalue weighted by Crippen LogP contribution is 2.32. The highest BCUT2D eigenvalue weighted by molar-refractivity contribution is 8.00. The van der Waals surface area contributed by atoms with Crippen LogP contribution in [0.4, 0.5) is 0 Å². The van der Waals surface area contributed by atoms with E-state index in [0.717, 1.165) is 45.7 Å². The van der Waals surface area contributed by atoms with Crippen LogP contribution in [0.3, 0.4) is 0 Å². The molecule has 0 saturated heterocycles. The minimum Gasteiger partial charge on any atom is -0.326 e. The van der Waals surface area contributed by atoms with Gasteiger partial charge < -0.3 is 5.73 Å². The normalized spacial score (nSPS) is 11.0. The van der Waals surface area contributed by atoms with Gasteiger partial charge in [-0.25, -0.2) is 4.98 Å². The molecule has 2 rings (SSSR count).